The van der Waals surface area contributed by atoms with Gasteiger partial charge in [0.15, 0.2) is 0 Å². The lowest BCUT2D eigenvalue weighted by Crippen LogP contribution is -2.54. The lowest BCUT2D eigenvalue weighted by atomic mass is 9.66. The summed E-state index contributed by atoms with van der Waals surface area (Å²) in [5.74, 6) is 1.18. The maximum Gasteiger partial charge on any atom is 0.118 e. The van der Waals surface area contributed by atoms with Gasteiger partial charge < -0.3 is 9.84 Å². The Bertz CT molecular complexity index is 786. The predicted molar refractivity (Wildman–Crippen MR) is 114 cm³/mol. The van der Waals surface area contributed by atoms with E-state index < -0.39 is 5.60 Å². The van der Waals surface area contributed by atoms with Crippen LogP contribution in [-0.4, -0.2) is 35.8 Å². The molecule has 1 aliphatic carbocycles. The fourth-order valence-corrected chi connectivity index (χ4v) is 5.08. The molecule has 0 amide bonds. The van der Waals surface area contributed by atoms with Gasteiger partial charge in [-0.1, -0.05) is 67.5 Å². The smallest absolute Gasteiger partial charge is 0.118 e. The standard InChI is InChI=1S/C25H31NO2/c1-28-22-14-12-21(13-15-22)24-23-11-5-6-16-25(23,27)17-19-26(24)18-7-10-20-8-3-2-4-9-20/h2-4,7-10,12-15,23-24,27H,5-6,11,16-19H2,1H3/b10-7+/t23-,24-,25-/m0/s1. The average molecular weight is 378 g/mol. The Balaban J connectivity index is 1.58. The molecule has 2 aromatic rings. The van der Waals surface area contributed by atoms with Crippen molar-refractivity contribution >= 4 is 6.08 Å². The second kappa shape index (κ2) is 8.50. The lowest BCUT2D eigenvalue weighted by Gasteiger charge is -2.52. The molecule has 0 aromatic heterocycles. The Kier molecular flexibility index (Phi) is 5.84. The molecule has 0 radical (unpaired) electrons. The molecule has 28 heavy (non-hydrogen) atoms. The molecule has 0 bridgehead atoms. The quantitative estimate of drug-likeness (QED) is 0.789. The van der Waals surface area contributed by atoms with E-state index in [9.17, 15) is 5.11 Å². The highest BCUT2D eigenvalue weighted by Crippen LogP contribution is 2.49. The Morgan fingerprint density at radius 2 is 1.86 bits per heavy atom. The number of likely N-dealkylation sites (tertiary alicyclic amines) is 1. The van der Waals surface area contributed by atoms with Gasteiger partial charge in [-0.15, -0.1) is 0 Å². The summed E-state index contributed by atoms with van der Waals surface area (Å²) in [5, 5.41) is 11.4. The topological polar surface area (TPSA) is 32.7 Å². The number of aliphatic hydroxyl groups is 1. The van der Waals surface area contributed by atoms with Gasteiger partial charge in [0.1, 0.15) is 5.75 Å². The molecular formula is C25H31NO2. The van der Waals surface area contributed by atoms with Gasteiger partial charge in [0.25, 0.3) is 0 Å². The third kappa shape index (κ3) is 4.01. The van der Waals surface area contributed by atoms with Crippen LogP contribution in [0.1, 0.15) is 49.3 Å². The lowest BCUT2D eigenvalue weighted by molar-refractivity contribution is -0.122. The fourth-order valence-electron chi connectivity index (χ4n) is 5.08. The van der Waals surface area contributed by atoms with Crippen molar-refractivity contribution in [3.63, 3.8) is 0 Å². The van der Waals surface area contributed by atoms with Crippen molar-refractivity contribution in [2.24, 2.45) is 5.92 Å². The van der Waals surface area contributed by atoms with E-state index >= 15 is 0 Å². The van der Waals surface area contributed by atoms with Crippen molar-refractivity contribution in [2.45, 2.75) is 43.7 Å². The number of hydrogen-bond donors (Lipinski definition) is 1. The van der Waals surface area contributed by atoms with Crippen LogP contribution >= 0.6 is 0 Å². The third-order valence-electron chi connectivity index (χ3n) is 6.58. The number of fused-ring (bicyclic) bond motifs is 1. The van der Waals surface area contributed by atoms with Crippen LogP contribution in [0.25, 0.3) is 6.08 Å². The molecule has 3 atom stereocenters. The zero-order chi connectivity index (χ0) is 19.4. The molecule has 1 saturated carbocycles. The number of nitrogens with zero attached hydrogens (tertiary/aromatic N) is 1. The first-order chi connectivity index (χ1) is 13.7. The monoisotopic (exact) mass is 377 g/mol. The molecule has 0 spiro atoms. The largest absolute Gasteiger partial charge is 0.497 e. The van der Waals surface area contributed by atoms with Crippen LogP contribution in [0.5, 0.6) is 5.75 Å². The molecule has 4 rings (SSSR count). The van der Waals surface area contributed by atoms with E-state index in [1.54, 1.807) is 7.11 Å². The first kappa shape index (κ1) is 19.2. The van der Waals surface area contributed by atoms with E-state index in [1.165, 1.54) is 17.5 Å². The minimum absolute atomic E-state index is 0.255. The van der Waals surface area contributed by atoms with E-state index in [0.29, 0.717) is 5.92 Å². The number of benzene rings is 2. The molecule has 0 unspecified atom stereocenters. The predicted octanol–water partition coefficient (Wildman–Crippen LogP) is 5.08. The molecule has 3 heteroatoms. The van der Waals surface area contributed by atoms with Crippen LogP contribution < -0.4 is 4.74 Å². The molecule has 1 N–H and O–H groups in total. The van der Waals surface area contributed by atoms with E-state index in [0.717, 1.165) is 44.5 Å². The van der Waals surface area contributed by atoms with Gasteiger partial charge in [-0.05, 0) is 42.5 Å². The van der Waals surface area contributed by atoms with Crippen LogP contribution in [0.15, 0.2) is 60.7 Å². The van der Waals surface area contributed by atoms with Crippen LogP contribution in [0.3, 0.4) is 0 Å². The van der Waals surface area contributed by atoms with Gasteiger partial charge in [0.05, 0.1) is 12.7 Å². The number of hydrogen-bond acceptors (Lipinski definition) is 3. The van der Waals surface area contributed by atoms with Crippen LogP contribution in [-0.2, 0) is 0 Å². The minimum atomic E-state index is -0.511. The van der Waals surface area contributed by atoms with Crippen molar-refractivity contribution in [1.82, 2.24) is 4.90 Å². The van der Waals surface area contributed by atoms with E-state index in [4.69, 9.17) is 4.74 Å². The number of piperidine rings is 1. The molecule has 1 heterocycles. The molecule has 2 aliphatic rings. The van der Waals surface area contributed by atoms with E-state index in [2.05, 4.69) is 53.5 Å². The van der Waals surface area contributed by atoms with Gasteiger partial charge in [-0.2, -0.15) is 0 Å². The highest BCUT2D eigenvalue weighted by molar-refractivity contribution is 5.48. The Morgan fingerprint density at radius 1 is 1.07 bits per heavy atom. The van der Waals surface area contributed by atoms with Crippen molar-refractivity contribution < 1.29 is 9.84 Å². The van der Waals surface area contributed by atoms with Gasteiger partial charge in [0, 0.05) is 25.0 Å². The van der Waals surface area contributed by atoms with Crippen molar-refractivity contribution in [3.8, 4) is 5.75 Å². The summed E-state index contributed by atoms with van der Waals surface area (Å²) < 4.78 is 5.35. The van der Waals surface area contributed by atoms with Crippen LogP contribution in [0, 0.1) is 5.92 Å². The average Bonchev–Trinajstić information content (AvgIpc) is 2.74. The summed E-state index contributed by atoms with van der Waals surface area (Å²) in [6.45, 7) is 1.83. The first-order valence-corrected chi connectivity index (χ1v) is 10.5. The second-order valence-electron chi connectivity index (χ2n) is 8.23. The number of ether oxygens (including phenoxy) is 1. The summed E-state index contributed by atoms with van der Waals surface area (Å²) in [5.41, 5.74) is 2.01. The Hall–Kier alpha value is -2.10. The van der Waals surface area contributed by atoms with Gasteiger partial charge in [-0.25, -0.2) is 0 Å². The van der Waals surface area contributed by atoms with E-state index in [1.807, 2.05) is 18.2 Å². The summed E-state index contributed by atoms with van der Waals surface area (Å²) >= 11 is 0. The molecular weight excluding hydrogens is 346 g/mol. The first-order valence-electron chi connectivity index (χ1n) is 10.5. The van der Waals surface area contributed by atoms with Gasteiger partial charge in [0.2, 0.25) is 0 Å². The van der Waals surface area contributed by atoms with Crippen molar-refractivity contribution in [3.05, 3.63) is 71.8 Å². The third-order valence-corrected chi connectivity index (χ3v) is 6.58. The number of methoxy groups -OCH3 is 1. The summed E-state index contributed by atoms with van der Waals surface area (Å²) in [7, 11) is 1.70. The Morgan fingerprint density at radius 3 is 2.61 bits per heavy atom. The van der Waals surface area contributed by atoms with Gasteiger partial charge >= 0.3 is 0 Å². The van der Waals surface area contributed by atoms with Gasteiger partial charge in [-0.3, -0.25) is 4.90 Å². The minimum Gasteiger partial charge on any atom is -0.497 e. The molecule has 148 valence electrons. The number of rotatable bonds is 5. The Labute approximate surface area is 168 Å². The maximum absolute atomic E-state index is 11.4. The van der Waals surface area contributed by atoms with Crippen LogP contribution in [0.2, 0.25) is 0 Å². The molecule has 2 fully saturated rings. The normalized spacial score (nSPS) is 28.2. The highest BCUT2D eigenvalue weighted by atomic mass is 16.5. The van der Waals surface area contributed by atoms with Crippen molar-refractivity contribution in [1.29, 1.82) is 0 Å². The molecule has 2 aromatic carbocycles. The summed E-state index contributed by atoms with van der Waals surface area (Å²) in [6.07, 6.45) is 9.75. The maximum atomic E-state index is 11.4. The van der Waals surface area contributed by atoms with Crippen molar-refractivity contribution in [2.75, 3.05) is 20.2 Å². The summed E-state index contributed by atoms with van der Waals surface area (Å²) in [6, 6.07) is 19.2. The van der Waals surface area contributed by atoms with Crippen LogP contribution in [0.4, 0.5) is 0 Å². The van der Waals surface area contributed by atoms with E-state index in [-0.39, 0.29) is 6.04 Å². The molecule has 1 aliphatic heterocycles. The SMILES string of the molecule is COc1ccc([C@H]2[C@@H]3CCCC[C@]3(O)CCN2C/C=C/c2ccccc2)cc1. The summed E-state index contributed by atoms with van der Waals surface area (Å²) in [4.78, 5) is 2.55. The molecule has 3 nitrogen and oxygen atoms in total. The zero-order valence-corrected chi connectivity index (χ0v) is 16.8. The molecule has 1 saturated heterocycles. The highest BCUT2D eigenvalue weighted by Gasteiger charge is 2.48. The second-order valence-corrected chi connectivity index (χ2v) is 8.23. The fraction of sp³-hybridized carbons (Fsp3) is 0.440. The zero-order valence-electron chi connectivity index (χ0n) is 16.8.